The van der Waals surface area contributed by atoms with Crippen LogP contribution in [-0.4, -0.2) is 53.9 Å². The van der Waals surface area contributed by atoms with E-state index in [0.29, 0.717) is 29.5 Å². The second kappa shape index (κ2) is 8.17. The van der Waals surface area contributed by atoms with Gasteiger partial charge in [-0.05, 0) is 36.4 Å². The van der Waals surface area contributed by atoms with Gasteiger partial charge in [0, 0.05) is 44.5 Å². The van der Waals surface area contributed by atoms with Crippen LogP contribution in [0.1, 0.15) is 10.5 Å². The molecule has 0 unspecified atom stereocenters. The molecule has 4 rings (SSSR count). The van der Waals surface area contributed by atoms with Crippen molar-refractivity contribution in [3.63, 3.8) is 0 Å². The van der Waals surface area contributed by atoms with Gasteiger partial charge in [-0.3, -0.25) is 9.48 Å². The van der Waals surface area contributed by atoms with Crippen LogP contribution in [0.3, 0.4) is 0 Å². The highest BCUT2D eigenvalue weighted by molar-refractivity contribution is 6.33. The summed E-state index contributed by atoms with van der Waals surface area (Å²) < 4.78 is 6.85. The number of carbonyl (C=O) groups is 1. The van der Waals surface area contributed by atoms with Gasteiger partial charge >= 0.3 is 0 Å². The monoisotopic (exact) mass is 410 g/mol. The fourth-order valence-corrected chi connectivity index (χ4v) is 3.82. The number of anilines is 1. The summed E-state index contributed by atoms with van der Waals surface area (Å²) in [4.78, 5) is 17.2. The summed E-state index contributed by atoms with van der Waals surface area (Å²) in [6.07, 6.45) is 0. The van der Waals surface area contributed by atoms with Crippen molar-refractivity contribution in [1.82, 2.24) is 14.7 Å². The van der Waals surface area contributed by atoms with E-state index in [4.69, 9.17) is 16.3 Å². The van der Waals surface area contributed by atoms with Crippen LogP contribution in [-0.2, 0) is 7.05 Å². The van der Waals surface area contributed by atoms with E-state index in [0.717, 1.165) is 30.1 Å². The smallest absolute Gasteiger partial charge is 0.272 e. The van der Waals surface area contributed by atoms with Crippen LogP contribution in [0.5, 0.6) is 5.75 Å². The summed E-state index contributed by atoms with van der Waals surface area (Å²) in [6.45, 7) is 2.90. The van der Waals surface area contributed by atoms with Gasteiger partial charge < -0.3 is 14.5 Å². The van der Waals surface area contributed by atoms with E-state index < -0.39 is 0 Å². The minimum absolute atomic E-state index is 0.00677. The number of rotatable bonds is 4. The molecule has 1 fully saturated rings. The predicted molar refractivity (Wildman–Crippen MR) is 115 cm³/mol. The fourth-order valence-electron chi connectivity index (χ4n) is 3.59. The first kappa shape index (κ1) is 19.3. The Balaban J connectivity index is 1.45. The second-order valence-electron chi connectivity index (χ2n) is 7.00. The van der Waals surface area contributed by atoms with Crippen LogP contribution in [0.15, 0.2) is 54.6 Å². The summed E-state index contributed by atoms with van der Waals surface area (Å²) in [6, 6.07) is 17.4. The van der Waals surface area contributed by atoms with Gasteiger partial charge in [-0.1, -0.05) is 29.8 Å². The second-order valence-corrected chi connectivity index (χ2v) is 7.40. The highest BCUT2D eigenvalue weighted by atomic mass is 35.5. The van der Waals surface area contributed by atoms with Crippen LogP contribution >= 0.6 is 11.6 Å². The zero-order chi connectivity index (χ0) is 20.4. The number of carbonyl (C=O) groups excluding carboxylic acids is 1. The molecule has 0 radical (unpaired) electrons. The van der Waals surface area contributed by atoms with E-state index in [2.05, 4.69) is 10.00 Å². The average molecular weight is 411 g/mol. The minimum atomic E-state index is -0.00677. The Morgan fingerprint density at radius 1 is 1.03 bits per heavy atom. The van der Waals surface area contributed by atoms with Gasteiger partial charge in [-0.25, -0.2) is 0 Å². The molecule has 0 saturated carbocycles. The molecular formula is C22H23ClN4O2. The number of aryl methyl sites for hydroxylation is 1. The average Bonchev–Trinajstić information content (AvgIpc) is 3.15. The molecule has 0 N–H and O–H groups in total. The molecule has 6 nitrogen and oxygen atoms in total. The van der Waals surface area contributed by atoms with Crippen LogP contribution in [0.2, 0.25) is 5.02 Å². The third kappa shape index (κ3) is 3.93. The van der Waals surface area contributed by atoms with E-state index >= 15 is 0 Å². The number of hydrogen-bond acceptors (Lipinski definition) is 4. The molecule has 1 aliphatic heterocycles. The molecule has 29 heavy (non-hydrogen) atoms. The van der Waals surface area contributed by atoms with E-state index in [-0.39, 0.29) is 5.91 Å². The van der Waals surface area contributed by atoms with Crippen molar-refractivity contribution in [2.75, 3.05) is 38.2 Å². The van der Waals surface area contributed by atoms with Crippen molar-refractivity contribution in [2.45, 2.75) is 0 Å². The lowest BCUT2D eigenvalue weighted by atomic mass is 10.1. The maximum Gasteiger partial charge on any atom is 0.272 e. The standard InChI is InChI=1S/C22H23ClN4O2/c1-25-21(15-20(24-25)18-5-3-4-6-19(18)23)22(28)27-13-11-26(12-14-27)16-7-9-17(29-2)10-8-16/h3-10,15H,11-14H2,1-2H3. The molecular weight excluding hydrogens is 388 g/mol. The molecule has 0 atom stereocenters. The van der Waals surface area contributed by atoms with Gasteiger partial charge in [0.2, 0.25) is 0 Å². The number of aromatic nitrogens is 2. The van der Waals surface area contributed by atoms with E-state index in [1.54, 1.807) is 18.8 Å². The van der Waals surface area contributed by atoms with E-state index in [1.165, 1.54) is 0 Å². The number of amides is 1. The van der Waals surface area contributed by atoms with Crippen molar-refractivity contribution in [3.8, 4) is 17.0 Å². The summed E-state index contributed by atoms with van der Waals surface area (Å²) in [5.74, 6) is 0.834. The number of benzene rings is 2. The van der Waals surface area contributed by atoms with Crippen molar-refractivity contribution in [1.29, 1.82) is 0 Å². The molecule has 3 aromatic rings. The number of ether oxygens (including phenoxy) is 1. The molecule has 1 saturated heterocycles. The largest absolute Gasteiger partial charge is 0.497 e. The highest BCUT2D eigenvalue weighted by Crippen LogP contribution is 2.27. The van der Waals surface area contributed by atoms with Gasteiger partial charge in [0.25, 0.3) is 5.91 Å². The molecule has 0 aliphatic carbocycles. The Kier molecular flexibility index (Phi) is 5.45. The predicted octanol–water partition coefficient (Wildman–Crippen LogP) is 3.71. The zero-order valence-electron chi connectivity index (χ0n) is 16.5. The highest BCUT2D eigenvalue weighted by Gasteiger charge is 2.25. The molecule has 2 aromatic carbocycles. The zero-order valence-corrected chi connectivity index (χ0v) is 17.3. The van der Waals surface area contributed by atoms with Gasteiger partial charge in [0.05, 0.1) is 17.8 Å². The molecule has 7 heteroatoms. The molecule has 150 valence electrons. The molecule has 0 bridgehead atoms. The molecule has 0 spiro atoms. The van der Waals surface area contributed by atoms with Gasteiger partial charge in [-0.2, -0.15) is 5.10 Å². The fraction of sp³-hybridized carbons (Fsp3) is 0.273. The molecule has 1 aliphatic rings. The van der Waals surface area contributed by atoms with Crippen molar-refractivity contribution in [3.05, 3.63) is 65.3 Å². The first-order chi connectivity index (χ1) is 14.1. The molecule has 1 amide bonds. The van der Waals surface area contributed by atoms with Crippen molar-refractivity contribution >= 4 is 23.2 Å². The quantitative estimate of drug-likeness (QED) is 0.658. The normalized spacial score (nSPS) is 14.2. The number of halogens is 1. The maximum atomic E-state index is 13.1. The lowest BCUT2D eigenvalue weighted by molar-refractivity contribution is 0.0735. The number of methoxy groups -OCH3 is 1. The van der Waals surface area contributed by atoms with Gasteiger partial charge in [0.15, 0.2) is 0 Å². The first-order valence-electron chi connectivity index (χ1n) is 9.54. The van der Waals surface area contributed by atoms with Crippen LogP contribution in [0, 0.1) is 0 Å². The van der Waals surface area contributed by atoms with Crippen LogP contribution in [0.25, 0.3) is 11.3 Å². The maximum absolute atomic E-state index is 13.1. The molecule has 2 heterocycles. The summed E-state index contributed by atoms with van der Waals surface area (Å²) in [5.41, 5.74) is 3.24. The SMILES string of the molecule is COc1ccc(N2CCN(C(=O)c3cc(-c4ccccc4Cl)nn3C)CC2)cc1. The Morgan fingerprint density at radius 2 is 1.72 bits per heavy atom. The topological polar surface area (TPSA) is 50.6 Å². The van der Waals surface area contributed by atoms with Crippen LogP contribution < -0.4 is 9.64 Å². The Hall–Kier alpha value is -2.99. The van der Waals surface area contributed by atoms with Crippen molar-refractivity contribution in [2.24, 2.45) is 7.05 Å². The lowest BCUT2D eigenvalue weighted by Crippen LogP contribution is -2.49. The summed E-state index contributed by atoms with van der Waals surface area (Å²) >= 11 is 6.28. The number of nitrogens with zero attached hydrogens (tertiary/aromatic N) is 4. The Morgan fingerprint density at radius 3 is 2.38 bits per heavy atom. The summed E-state index contributed by atoms with van der Waals surface area (Å²) in [5, 5.41) is 5.12. The Bertz CT molecular complexity index is 1010. The minimum Gasteiger partial charge on any atom is -0.497 e. The number of hydrogen-bond donors (Lipinski definition) is 0. The van der Waals surface area contributed by atoms with E-state index in [9.17, 15) is 4.79 Å². The van der Waals surface area contributed by atoms with Crippen molar-refractivity contribution < 1.29 is 9.53 Å². The molecule has 1 aromatic heterocycles. The third-order valence-corrected chi connectivity index (χ3v) is 5.58. The first-order valence-corrected chi connectivity index (χ1v) is 9.92. The third-order valence-electron chi connectivity index (χ3n) is 5.25. The van der Waals surface area contributed by atoms with Crippen LogP contribution in [0.4, 0.5) is 5.69 Å². The Labute approximate surface area is 175 Å². The lowest BCUT2D eigenvalue weighted by Gasteiger charge is -2.36. The van der Waals surface area contributed by atoms with Gasteiger partial charge in [0.1, 0.15) is 11.4 Å². The number of piperazine rings is 1. The van der Waals surface area contributed by atoms with Gasteiger partial charge in [-0.15, -0.1) is 0 Å². The van der Waals surface area contributed by atoms with E-state index in [1.807, 2.05) is 59.5 Å². The summed E-state index contributed by atoms with van der Waals surface area (Å²) in [7, 11) is 3.45.